The van der Waals surface area contributed by atoms with E-state index in [1.54, 1.807) is 0 Å². The molecule has 0 aliphatic heterocycles. The molecule has 2 unspecified atom stereocenters. The molecule has 0 saturated heterocycles. The smallest absolute Gasteiger partial charge is 0.167 e. The number of rotatable bonds is 4. The molecular formula is C10H17BrN4. The fourth-order valence-corrected chi connectivity index (χ4v) is 2.04. The molecule has 84 valence electrons. The molecule has 0 bridgehead atoms. The second kappa shape index (κ2) is 3.87. The molecule has 2 atom stereocenters. The van der Waals surface area contributed by atoms with Gasteiger partial charge in [0.15, 0.2) is 5.82 Å². The van der Waals surface area contributed by atoms with Crippen molar-refractivity contribution >= 4 is 15.9 Å². The van der Waals surface area contributed by atoms with Crippen LogP contribution in [-0.2, 0) is 0 Å². The second-order valence-electron chi connectivity index (χ2n) is 4.42. The number of halogens is 1. The highest BCUT2D eigenvalue weighted by Gasteiger charge is 2.45. The molecule has 0 amide bonds. The van der Waals surface area contributed by atoms with Crippen LogP contribution < -0.4 is 5.32 Å². The highest BCUT2D eigenvalue weighted by atomic mass is 79.9. The molecule has 1 aliphatic rings. The van der Waals surface area contributed by atoms with Gasteiger partial charge >= 0.3 is 0 Å². The third-order valence-corrected chi connectivity index (χ3v) is 4.49. The summed E-state index contributed by atoms with van der Waals surface area (Å²) in [5.41, 5.74) is 0. The Bertz CT molecular complexity index is 345. The van der Waals surface area contributed by atoms with Gasteiger partial charge in [0.05, 0.1) is 6.04 Å². The maximum absolute atomic E-state index is 4.32. The first-order chi connectivity index (χ1) is 7.01. The number of hydrogen-bond donors (Lipinski definition) is 2. The second-order valence-corrected chi connectivity index (χ2v) is 6.00. The van der Waals surface area contributed by atoms with E-state index in [1.807, 2.05) is 6.92 Å². The lowest BCUT2D eigenvalue weighted by Crippen LogP contribution is -2.37. The van der Waals surface area contributed by atoms with Crippen molar-refractivity contribution < 1.29 is 0 Å². The minimum Gasteiger partial charge on any atom is -0.304 e. The molecule has 0 aromatic carbocycles. The molecule has 2 N–H and O–H groups in total. The van der Waals surface area contributed by atoms with Crippen molar-refractivity contribution in [2.24, 2.45) is 0 Å². The summed E-state index contributed by atoms with van der Waals surface area (Å²) in [5.74, 6) is 1.71. The highest BCUT2D eigenvalue weighted by Crippen LogP contribution is 2.47. The number of aromatic nitrogens is 3. The van der Waals surface area contributed by atoms with Gasteiger partial charge in [0.1, 0.15) is 5.82 Å². The van der Waals surface area contributed by atoms with Crippen molar-refractivity contribution in [2.75, 3.05) is 0 Å². The van der Waals surface area contributed by atoms with Gasteiger partial charge in [0.25, 0.3) is 0 Å². The zero-order valence-electron chi connectivity index (χ0n) is 9.34. The minimum absolute atomic E-state index is 0.194. The predicted molar refractivity (Wildman–Crippen MR) is 63.0 cm³/mol. The maximum Gasteiger partial charge on any atom is 0.167 e. The van der Waals surface area contributed by atoms with Crippen LogP contribution in [0.3, 0.4) is 0 Å². The number of aryl methyl sites for hydroxylation is 1. The number of alkyl halides is 1. The van der Waals surface area contributed by atoms with Crippen molar-refractivity contribution in [1.29, 1.82) is 0 Å². The van der Waals surface area contributed by atoms with Gasteiger partial charge in [-0.15, -0.1) is 0 Å². The maximum atomic E-state index is 4.32. The van der Waals surface area contributed by atoms with Crippen LogP contribution in [0, 0.1) is 6.92 Å². The summed E-state index contributed by atoms with van der Waals surface area (Å²) >= 11 is 3.75. The summed E-state index contributed by atoms with van der Waals surface area (Å²) in [6, 6.07) is 0.645. The standard InChI is InChI=1S/C10H17BrN4/c1-6(9-13-8(3)14-15-9)12-7(2)10(11)4-5-10/h6-7,12H,4-5H2,1-3H3,(H,13,14,15). The molecule has 4 nitrogen and oxygen atoms in total. The number of hydrogen-bond acceptors (Lipinski definition) is 3. The van der Waals surface area contributed by atoms with Gasteiger partial charge < -0.3 is 5.32 Å². The molecule has 1 aromatic heterocycles. The Balaban J connectivity index is 1.94. The molecule has 1 aliphatic carbocycles. The number of H-pyrrole nitrogens is 1. The lowest BCUT2D eigenvalue weighted by atomic mass is 10.2. The van der Waals surface area contributed by atoms with Gasteiger partial charge in [-0.3, -0.25) is 5.10 Å². The van der Waals surface area contributed by atoms with Crippen LogP contribution in [0.5, 0.6) is 0 Å². The largest absolute Gasteiger partial charge is 0.304 e. The molecular weight excluding hydrogens is 256 g/mol. The summed E-state index contributed by atoms with van der Waals surface area (Å²) in [5, 5.41) is 10.5. The van der Waals surface area contributed by atoms with Crippen LogP contribution in [0.4, 0.5) is 0 Å². The van der Waals surface area contributed by atoms with Crippen LogP contribution in [0.15, 0.2) is 0 Å². The van der Waals surface area contributed by atoms with E-state index in [2.05, 4.69) is 50.3 Å². The summed E-state index contributed by atoms with van der Waals surface area (Å²) in [6.45, 7) is 6.22. The fraction of sp³-hybridized carbons (Fsp3) is 0.800. The van der Waals surface area contributed by atoms with Gasteiger partial charge in [-0.2, -0.15) is 5.10 Å². The van der Waals surface area contributed by atoms with Gasteiger partial charge in [-0.1, -0.05) is 15.9 Å². The molecule has 2 rings (SSSR count). The first-order valence-electron chi connectivity index (χ1n) is 5.35. The minimum atomic E-state index is 0.194. The third kappa shape index (κ3) is 2.39. The van der Waals surface area contributed by atoms with Crippen molar-refractivity contribution in [3.05, 3.63) is 11.6 Å². The van der Waals surface area contributed by atoms with E-state index in [9.17, 15) is 0 Å². The average Bonchev–Trinajstić information content (AvgIpc) is 2.77. The van der Waals surface area contributed by atoms with Gasteiger partial charge in [0.2, 0.25) is 0 Å². The van der Waals surface area contributed by atoms with E-state index >= 15 is 0 Å². The van der Waals surface area contributed by atoms with E-state index in [-0.39, 0.29) is 6.04 Å². The molecule has 15 heavy (non-hydrogen) atoms. The van der Waals surface area contributed by atoms with Gasteiger partial charge in [0, 0.05) is 10.4 Å². The summed E-state index contributed by atoms with van der Waals surface area (Å²) in [6.07, 6.45) is 2.50. The van der Waals surface area contributed by atoms with Crippen LogP contribution in [0.1, 0.15) is 44.4 Å². The normalized spacial score (nSPS) is 22.4. The van der Waals surface area contributed by atoms with Crippen molar-refractivity contribution in [3.8, 4) is 0 Å². The molecule has 5 heteroatoms. The zero-order valence-corrected chi connectivity index (χ0v) is 10.9. The topological polar surface area (TPSA) is 53.6 Å². The monoisotopic (exact) mass is 272 g/mol. The molecule has 0 spiro atoms. The molecule has 0 radical (unpaired) electrons. The number of nitrogens with one attached hydrogen (secondary N) is 2. The van der Waals surface area contributed by atoms with Crippen LogP contribution >= 0.6 is 15.9 Å². The highest BCUT2D eigenvalue weighted by molar-refractivity contribution is 9.10. The van der Waals surface area contributed by atoms with Crippen LogP contribution in [-0.4, -0.2) is 25.5 Å². The summed E-state index contributed by atoms with van der Waals surface area (Å²) in [4.78, 5) is 4.32. The molecule has 1 aromatic rings. The number of aromatic amines is 1. The third-order valence-electron chi connectivity index (χ3n) is 3.01. The zero-order chi connectivity index (χ0) is 11.1. The molecule has 1 saturated carbocycles. The summed E-state index contributed by atoms with van der Waals surface area (Å²) in [7, 11) is 0. The van der Waals surface area contributed by atoms with Crippen molar-refractivity contribution in [1.82, 2.24) is 20.5 Å². The van der Waals surface area contributed by atoms with E-state index in [4.69, 9.17) is 0 Å². The van der Waals surface area contributed by atoms with E-state index in [0.29, 0.717) is 10.4 Å². The number of nitrogens with zero attached hydrogens (tertiary/aromatic N) is 2. The van der Waals surface area contributed by atoms with Crippen LogP contribution in [0.25, 0.3) is 0 Å². The van der Waals surface area contributed by atoms with E-state index < -0.39 is 0 Å². The average molecular weight is 273 g/mol. The Morgan fingerprint density at radius 1 is 1.47 bits per heavy atom. The fourth-order valence-electron chi connectivity index (χ4n) is 1.70. The molecule has 1 heterocycles. The first-order valence-corrected chi connectivity index (χ1v) is 6.14. The Morgan fingerprint density at radius 3 is 2.60 bits per heavy atom. The van der Waals surface area contributed by atoms with Crippen molar-refractivity contribution in [3.63, 3.8) is 0 Å². The van der Waals surface area contributed by atoms with Crippen molar-refractivity contribution in [2.45, 2.75) is 50.0 Å². The first kappa shape index (κ1) is 11.1. The SMILES string of the molecule is Cc1nc(C(C)NC(C)C2(Br)CC2)n[nH]1. The Kier molecular flexibility index (Phi) is 2.85. The van der Waals surface area contributed by atoms with Gasteiger partial charge in [-0.05, 0) is 33.6 Å². The summed E-state index contributed by atoms with van der Waals surface area (Å²) < 4.78 is 0.312. The Labute approximate surface area is 98.4 Å². The lowest BCUT2D eigenvalue weighted by molar-refractivity contribution is 0.450. The Morgan fingerprint density at radius 2 is 2.13 bits per heavy atom. The van der Waals surface area contributed by atoms with Crippen LogP contribution in [0.2, 0.25) is 0 Å². The lowest BCUT2D eigenvalue weighted by Gasteiger charge is -2.22. The quantitative estimate of drug-likeness (QED) is 0.826. The van der Waals surface area contributed by atoms with Gasteiger partial charge in [-0.25, -0.2) is 4.98 Å². The van der Waals surface area contributed by atoms with E-state index in [0.717, 1.165) is 11.6 Å². The predicted octanol–water partition coefficient (Wildman–Crippen LogP) is 2.08. The Hall–Kier alpha value is -0.420. The molecule has 1 fully saturated rings. The van der Waals surface area contributed by atoms with E-state index in [1.165, 1.54) is 12.8 Å².